The van der Waals surface area contributed by atoms with Gasteiger partial charge in [-0.25, -0.2) is 27.4 Å². The number of rotatable bonds is 17. The fraction of sp³-hybridized carbons (Fsp3) is 0.576. The van der Waals surface area contributed by atoms with Gasteiger partial charge in [-0.1, -0.05) is 76.0 Å². The molecule has 1 aliphatic heterocycles. The summed E-state index contributed by atoms with van der Waals surface area (Å²) in [5.41, 5.74) is -0.389. The number of aryl methyl sites for hydroxylation is 1. The summed E-state index contributed by atoms with van der Waals surface area (Å²) in [6.07, 6.45) is 8.65. The molecule has 13 nitrogen and oxygen atoms in total. The topological polar surface area (TPSA) is 158 Å². The van der Waals surface area contributed by atoms with E-state index < -0.39 is 64.7 Å². The molecule has 2 aromatic rings. The van der Waals surface area contributed by atoms with Crippen molar-refractivity contribution in [3.05, 3.63) is 62.7 Å². The zero-order chi connectivity index (χ0) is 34.4. The first kappa shape index (κ1) is 37.4. The van der Waals surface area contributed by atoms with E-state index in [1.54, 1.807) is 12.1 Å². The van der Waals surface area contributed by atoms with Gasteiger partial charge in [0, 0.05) is 31.8 Å². The number of nitrogens with one attached hydrogen (secondary N) is 2. The number of alkyl carbamates (subject to hydrolysis) is 2. The lowest BCUT2D eigenvalue weighted by Gasteiger charge is -2.40. The Morgan fingerprint density at radius 2 is 1.47 bits per heavy atom. The van der Waals surface area contributed by atoms with Gasteiger partial charge < -0.3 is 20.1 Å². The highest BCUT2D eigenvalue weighted by Crippen LogP contribution is 2.28. The van der Waals surface area contributed by atoms with Gasteiger partial charge in [0.05, 0.1) is 18.0 Å². The molecule has 0 saturated heterocycles. The van der Waals surface area contributed by atoms with Crippen LogP contribution in [0.3, 0.4) is 0 Å². The minimum atomic E-state index is -4.23. The summed E-state index contributed by atoms with van der Waals surface area (Å²) >= 11 is 0. The molecular formula is C33H47N5O8S. The molecule has 1 aliphatic rings. The van der Waals surface area contributed by atoms with Crippen molar-refractivity contribution in [3.8, 4) is 12.3 Å². The Labute approximate surface area is 276 Å². The number of fused-ring (bicyclic) bond motifs is 1. The maximum absolute atomic E-state index is 13.8. The summed E-state index contributed by atoms with van der Waals surface area (Å²) < 4.78 is 42.4. The van der Waals surface area contributed by atoms with Gasteiger partial charge in [0.25, 0.3) is 11.1 Å². The maximum atomic E-state index is 13.8. The van der Waals surface area contributed by atoms with Gasteiger partial charge in [-0.05, 0) is 31.9 Å². The predicted molar refractivity (Wildman–Crippen MR) is 178 cm³/mol. The number of aromatic nitrogens is 2. The van der Waals surface area contributed by atoms with Crippen LogP contribution >= 0.6 is 0 Å². The van der Waals surface area contributed by atoms with E-state index in [0.717, 1.165) is 76.3 Å². The normalized spacial score (nSPS) is 17.4. The minimum absolute atomic E-state index is 0.0375. The number of hydrogen-bond donors (Lipinski definition) is 2. The molecule has 0 radical (unpaired) electrons. The van der Waals surface area contributed by atoms with Crippen molar-refractivity contribution in [3.63, 3.8) is 0 Å². The number of sulfonamides is 1. The Morgan fingerprint density at radius 3 is 2.04 bits per heavy atom. The van der Waals surface area contributed by atoms with Gasteiger partial charge in [-0.15, -0.1) is 6.42 Å². The van der Waals surface area contributed by atoms with E-state index >= 15 is 0 Å². The summed E-state index contributed by atoms with van der Waals surface area (Å²) in [7, 11) is -4.23. The molecule has 0 bridgehead atoms. The van der Waals surface area contributed by atoms with Crippen LogP contribution in [-0.2, 0) is 26.0 Å². The molecule has 2 N–H and O–H groups in total. The van der Waals surface area contributed by atoms with Crippen molar-refractivity contribution in [1.82, 2.24) is 24.3 Å². The largest absolute Gasteiger partial charge is 0.440 e. The molecule has 0 saturated carbocycles. The molecule has 1 aromatic carbocycles. The predicted octanol–water partition coefficient (Wildman–Crippen LogP) is 3.55. The van der Waals surface area contributed by atoms with Gasteiger partial charge in [-0.3, -0.25) is 9.59 Å². The molecule has 258 valence electrons. The molecular weight excluding hydrogens is 626 g/mol. The maximum Gasteiger partial charge on any atom is 0.407 e. The van der Waals surface area contributed by atoms with Crippen LogP contribution in [0, 0.1) is 19.3 Å². The number of carbonyl (C=O) groups is 2. The van der Waals surface area contributed by atoms with Crippen LogP contribution in [0.15, 0.2) is 50.9 Å². The standard InChI is InChI=1S/C33H47N5O8S/c1-5-8-10-12-20-34-32(41)45-28-24-37-29(39)18-19-30(40)38(37)27(31(28)46-33(42)35-21-13-11-9-6-2)23-36(22-7-3)47(43,44)26-16-14-25(4)15-17-26/h3,14-19,27-28,31H,5-6,8-13,20-24H2,1-2,4H3,(H,34,41)(H,35,42)/t27-,28+,31-/m1/s1. The fourth-order valence-electron chi connectivity index (χ4n) is 5.40. The summed E-state index contributed by atoms with van der Waals surface area (Å²) in [5, 5.41) is 5.38. The van der Waals surface area contributed by atoms with Crippen molar-refractivity contribution in [2.45, 2.75) is 102 Å². The van der Waals surface area contributed by atoms with Crippen molar-refractivity contribution >= 4 is 22.2 Å². The molecule has 2 amide bonds. The molecule has 0 aliphatic carbocycles. The summed E-state index contributed by atoms with van der Waals surface area (Å²) in [4.78, 5) is 52.4. The zero-order valence-corrected chi connectivity index (χ0v) is 28.3. The molecule has 0 spiro atoms. The number of ether oxygens (including phenoxy) is 2. The number of unbranched alkanes of at least 4 members (excludes halogenated alkanes) is 6. The molecule has 2 heterocycles. The molecule has 3 atom stereocenters. The highest BCUT2D eigenvalue weighted by Gasteiger charge is 2.45. The van der Waals surface area contributed by atoms with E-state index in [0.29, 0.717) is 19.5 Å². The highest BCUT2D eigenvalue weighted by atomic mass is 32.2. The van der Waals surface area contributed by atoms with Crippen LogP contribution in [0.5, 0.6) is 0 Å². The van der Waals surface area contributed by atoms with Gasteiger partial charge >= 0.3 is 12.2 Å². The van der Waals surface area contributed by atoms with Crippen LogP contribution in [0.4, 0.5) is 9.59 Å². The molecule has 14 heteroatoms. The molecule has 0 unspecified atom stereocenters. The second kappa shape index (κ2) is 18.3. The third kappa shape index (κ3) is 10.5. The first-order valence-electron chi connectivity index (χ1n) is 16.2. The summed E-state index contributed by atoms with van der Waals surface area (Å²) in [6.45, 7) is 5.44. The monoisotopic (exact) mass is 673 g/mol. The minimum Gasteiger partial charge on any atom is -0.440 e. The number of benzene rings is 1. The van der Waals surface area contributed by atoms with Crippen LogP contribution in [-0.4, -0.2) is 72.7 Å². The average Bonchev–Trinajstić information content (AvgIpc) is 3.03. The lowest BCUT2D eigenvalue weighted by atomic mass is 10.0. The van der Waals surface area contributed by atoms with Crippen LogP contribution in [0.2, 0.25) is 0 Å². The Morgan fingerprint density at radius 1 is 0.894 bits per heavy atom. The molecule has 47 heavy (non-hydrogen) atoms. The summed E-state index contributed by atoms with van der Waals surface area (Å²) in [5.74, 6) is 2.35. The summed E-state index contributed by atoms with van der Waals surface area (Å²) in [6, 6.07) is 7.00. The fourth-order valence-corrected chi connectivity index (χ4v) is 6.77. The molecule has 3 rings (SSSR count). The van der Waals surface area contributed by atoms with Crippen molar-refractivity contribution < 1.29 is 27.5 Å². The van der Waals surface area contributed by atoms with Gasteiger partial charge in [-0.2, -0.15) is 4.31 Å². The van der Waals surface area contributed by atoms with E-state index in [2.05, 4.69) is 30.4 Å². The first-order valence-corrected chi connectivity index (χ1v) is 17.7. The van der Waals surface area contributed by atoms with Gasteiger partial charge in [0.15, 0.2) is 12.2 Å². The van der Waals surface area contributed by atoms with Gasteiger partial charge in [0.2, 0.25) is 10.0 Å². The van der Waals surface area contributed by atoms with Crippen LogP contribution < -0.4 is 21.8 Å². The van der Waals surface area contributed by atoms with Crippen LogP contribution in [0.1, 0.15) is 76.8 Å². The Bertz CT molecular complexity index is 1600. The number of carbonyl (C=O) groups excluding carboxylic acids is 2. The van der Waals surface area contributed by atoms with Gasteiger partial charge in [0.1, 0.15) is 6.04 Å². The lowest BCUT2D eigenvalue weighted by molar-refractivity contribution is -0.0729. The average molecular weight is 674 g/mol. The van der Waals surface area contributed by atoms with E-state index in [4.69, 9.17) is 15.9 Å². The van der Waals surface area contributed by atoms with E-state index in [1.165, 1.54) is 12.1 Å². The van der Waals surface area contributed by atoms with E-state index in [9.17, 15) is 27.6 Å². The lowest BCUT2D eigenvalue weighted by Crippen LogP contribution is -2.59. The quantitative estimate of drug-likeness (QED) is 0.191. The van der Waals surface area contributed by atoms with E-state index in [1.807, 2.05) is 6.92 Å². The van der Waals surface area contributed by atoms with Crippen molar-refractivity contribution in [2.75, 3.05) is 26.2 Å². The van der Waals surface area contributed by atoms with E-state index in [-0.39, 0.29) is 11.4 Å². The highest BCUT2D eigenvalue weighted by molar-refractivity contribution is 7.89. The number of nitrogens with zero attached hydrogens (tertiary/aromatic N) is 3. The zero-order valence-electron chi connectivity index (χ0n) is 27.5. The number of hydrogen-bond acceptors (Lipinski definition) is 8. The Hall–Kier alpha value is -4.09. The number of terminal acetylenes is 1. The molecule has 1 aromatic heterocycles. The smallest absolute Gasteiger partial charge is 0.407 e. The third-order valence-electron chi connectivity index (χ3n) is 7.94. The third-order valence-corrected chi connectivity index (χ3v) is 9.77. The van der Waals surface area contributed by atoms with Crippen LogP contribution in [0.25, 0.3) is 0 Å². The Balaban J connectivity index is 2.02. The SMILES string of the molecule is C#CCN(C[C@@H]1[C@@H](OC(=O)NCCCCCC)[C@@H](OC(=O)NCCCCCC)Cn2c(=O)ccc(=O)n21)S(=O)(=O)c1ccc(C)cc1. The van der Waals surface area contributed by atoms with Crippen molar-refractivity contribution in [2.24, 2.45) is 0 Å². The Kier molecular flexibility index (Phi) is 14.6. The first-order chi connectivity index (χ1) is 22.5. The second-order valence-corrected chi connectivity index (χ2v) is 13.5. The van der Waals surface area contributed by atoms with Crippen molar-refractivity contribution in [1.29, 1.82) is 0 Å². The number of amides is 2. The second-order valence-electron chi connectivity index (χ2n) is 11.6. The molecule has 0 fully saturated rings.